The Labute approximate surface area is 141 Å². The molecule has 132 valence electrons. The fourth-order valence-corrected chi connectivity index (χ4v) is 2.68. The zero-order valence-corrected chi connectivity index (χ0v) is 14.3. The second-order valence-corrected chi connectivity index (χ2v) is 6.31. The Kier molecular flexibility index (Phi) is 5.46. The van der Waals surface area contributed by atoms with Gasteiger partial charge in [0.05, 0.1) is 19.8 Å². The summed E-state index contributed by atoms with van der Waals surface area (Å²) in [5.74, 6) is -0.607. The number of carbonyl (C=O) groups excluding carboxylic acids is 2. The van der Waals surface area contributed by atoms with Gasteiger partial charge in [0.1, 0.15) is 5.75 Å². The highest BCUT2D eigenvalue weighted by Gasteiger charge is 2.45. The number of aliphatic hydroxyl groups excluding tert-OH is 1. The molecule has 1 heterocycles. The number of benzene rings is 1. The highest BCUT2D eigenvalue weighted by molar-refractivity contribution is 5.89. The van der Waals surface area contributed by atoms with Gasteiger partial charge in [-0.3, -0.25) is 4.79 Å². The summed E-state index contributed by atoms with van der Waals surface area (Å²) in [6.45, 7) is 4.30. The number of methoxy groups -OCH3 is 2. The Morgan fingerprint density at radius 1 is 1.38 bits per heavy atom. The number of carbonyl (C=O) groups is 2. The minimum absolute atomic E-state index is 0.347. The molecule has 7 nitrogen and oxygen atoms in total. The standard InChI is InChI=1S/C17H23NO6/c1-17(2)10-18(9-11-5-7-12(22-3)8-6-11)15(20)14(24-17)13(19)16(21)23-4/h5-8,13-14,19H,9-10H2,1-4H3/t13?,14-/m1/s1. The summed E-state index contributed by atoms with van der Waals surface area (Å²) in [6, 6.07) is 7.35. The Morgan fingerprint density at radius 2 is 2.00 bits per heavy atom. The van der Waals surface area contributed by atoms with Gasteiger partial charge in [0.25, 0.3) is 5.91 Å². The molecule has 1 aromatic rings. The lowest BCUT2D eigenvalue weighted by Crippen LogP contribution is -2.60. The fourth-order valence-electron chi connectivity index (χ4n) is 2.68. The van der Waals surface area contributed by atoms with E-state index in [1.165, 1.54) is 0 Å². The summed E-state index contributed by atoms with van der Waals surface area (Å²) in [7, 11) is 2.74. The Hall–Kier alpha value is -2.12. The molecule has 1 amide bonds. The molecule has 1 fully saturated rings. The maximum atomic E-state index is 12.6. The van der Waals surface area contributed by atoms with Gasteiger partial charge in [-0.05, 0) is 31.5 Å². The highest BCUT2D eigenvalue weighted by Crippen LogP contribution is 2.26. The van der Waals surface area contributed by atoms with Crippen molar-refractivity contribution in [2.45, 2.75) is 38.2 Å². The molecule has 0 aliphatic carbocycles. The summed E-state index contributed by atoms with van der Waals surface area (Å²) in [5, 5.41) is 10.0. The predicted molar refractivity (Wildman–Crippen MR) is 85.4 cm³/mol. The third-order valence-corrected chi connectivity index (χ3v) is 3.83. The molecule has 0 bridgehead atoms. The average Bonchev–Trinajstić information content (AvgIpc) is 2.56. The molecule has 24 heavy (non-hydrogen) atoms. The van der Waals surface area contributed by atoms with Crippen LogP contribution in [0, 0.1) is 0 Å². The molecule has 1 aromatic carbocycles. The number of nitrogens with zero attached hydrogens (tertiary/aromatic N) is 1. The van der Waals surface area contributed by atoms with E-state index in [0.717, 1.165) is 18.4 Å². The monoisotopic (exact) mass is 337 g/mol. The molecule has 7 heteroatoms. The quantitative estimate of drug-likeness (QED) is 0.798. The fraction of sp³-hybridized carbons (Fsp3) is 0.529. The van der Waals surface area contributed by atoms with Gasteiger partial charge in [0, 0.05) is 13.1 Å². The van der Waals surface area contributed by atoms with E-state index in [-0.39, 0.29) is 0 Å². The van der Waals surface area contributed by atoms with Crippen molar-refractivity contribution in [3.8, 4) is 5.75 Å². The lowest BCUT2D eigenvalue weighted by atomic mass is 10.0. The van der Waals surface area contributed by atoms with Crippen LogP contribution in [0.2, 0.25) is 0 Å². The van der Waals surface area contributed by atoms with Crippen LogP contribution in [-0.4, -0.2) is 60.5 Å². The molecule has 1 unspecified atom stereocenters. The molecule has 2 atom stereocenters. The van der Waals surface area contributed by atoms with Crippen molar-refractivity contribution in [3.05, 3.63) is 29.8 Å². The lowest BCUT2D eigenvalue weighted by molar-refractivity contribution is -0.199. The van der Waals surface area contributed by atoms with Gasteiger partial charge in [0.15, 0.2) is 12.2 Å². The number of rotatable bonds is 5. The maximum absolute atomic E-state index is 12.6. The van der Waals surface area contributed by atoms with Gasteiger partial charge in [-0.15, -0.1) is 0 Å². The van der Waals surface area contributed by atoms with Crippen molar-refractivity contribution in [1.29, 1.82) is 0 Å². The molecule has 0 saturated carbocycles. The van der Waals surface area contributed by atoms with Gasteiger partial charge in [-0.25, -0.2) is 4.79 Å². The Balaban J connectivity index is 2.18. The summed E-state index contributed by atoms with van der Waals surface area (Å²) < 4.78 is 15.2. The minimum Gasteiger partial charge on any atom is -0.497 e. The second-order valence-electron chi connectivity index (χ2n) is 6.31. The minimum atomic E-state index is -1.65. The van der Waals surface area contributed by atoms with E-state index in [1.54, 1.807) is 25.9 Å². The molecular formula is C17H23NO6. The van der Waals surface area contributed by atoms with Crippen LogP contribution < -0.4 is 4.74 Å². The van der Waals surface area contributed by atoms with Gasteiger partial charge in [-0.1, -0.05) is 12.1 Å². The smallest absolute Gasteiger partial charge is 0.338 e. The van der Waals surface area contributed by atoms with E-state index in [1.807, 2.05) is 24.3 Å². The van der Waals surface area contributed by atoms with Gasteiger partial charge in [-0.2, -0.15) is 0 Å². The Bertz CT molecular complexity index is 598. The summed E-state index contributed by atoms with van der Waals surface area (Å²) in [5.41, 5.74) is 0.216. The van der Waals surface area contributed by atoms with E-state index in [2.05, 4.69) is 4.74 Å². The van der Waals surface area contributed by atoms with Crippen LogP contribution in [0.1, 0.15) is 19.4 Å². The first kappa shape index (κ1) is 18.2. The van der Waals surface area contributed by atoms with E-state index in [0.29, 0.717) is 13.1 Å². The molecule has 0 spiro atoms. The predicted octanol–water partition coefficient (Wildman–Crippen LogP) is 0.735. The number of esters is 1. The number of hydrogen-bond acceptors (Lipinski definition) is 6. The average molecular weight is 337 g/mol. The molecular weight excluding hydrogens is 314 g/mol. The van der Waals surface area contributed by atoms with Crippen LogP contribution >= 0.6 is 0 Å². The number of aliphatic hydroxyl groups is 1. The van der Waals surface area contributed by atoms with E-state index < -0.39 is 29.7 Å². The first-order chi connectivity index (χ1) is 11.3. The second kappa shape index (κ2) is 7.19. The Morgan fingerprint density at radius 3 is 2.54 bits per heavy atom. The summed E-state index contributed by atoms with van der Waals surface area (Å²) in [4.78, 5) is 25.7. The van der Waals surface area contributed by atoms with Crippen molar-refractivity contribution in [1.82, 2.24) is 4.90 Å². The molecule has 1 aliphatic heterocycles. The maximum Gasteiger partial charge on any atom is 0.338 e. The van der Waals surface area contributed by atoms with Gasteiger partial charge < -0.3 is 24.2 Å². The van der Waals surface area contributed by atoms with Crippen LogP contribution in [0.5, 0.6) is 5.75 Å². The van der Waals surface area contributed by atoms with Crippen LogP contribution in [0.15, 0.2) is 24.3 Å². The number of hydrogen-bond donors (Lipinski definition) is 1. The van der Waals surface area contributed by atoms with Crippen LogP contribution in [0.3, 0.4) is 0 Å². The molecule has 0 radical (unpaired) electrons. The summed E-state index contributed by atoms with van der Waals surface area (Å²) >= 11 is 0. The van der Waals surface area contributed by atoms with Crippen molar-refractivity contribution in [2.75, 3.05) is 20.8 Å². The first-order valence-electron chi connectivity index (χ1n) is 7.63. The molecule has 1 N–H and O–H groups in total. The molecule has 1 aliphatic rings. The molecule has 1 saturated heterocycles. The van der Waals surface area contributed by atoms with Crippen molar-refractivity contribution in [2.24, 2.45) is 0 Å². The topological polar surface area (TPSA) is 85.3 Å². The van der Waals surface area contributed by atoms with Crippen LogP contribution in [0.4, 0.5) is 0 Å². The number of ether oxygens (including phenoxy) is 3. The highest BCUT2D eigenvalue weighted by atomic mass is 16.6. The normalized spacial score (nSPS) is 21.3. The van der Waals surface area contributed by atoms with Gasteiger partial charge in [0.2, 0.25) is 0 Å². The zero-order chi connectivity index (χ0) is 17.9. The van der Waals surface area contributed by atoms with Crippen LogP contribution in [0.25, 0.3) is 0 Å². The first-order valence-corrected chi connectivity index (χ1v) is 7.63. The summed E-state index contributed by atoms with van der Waals surface area (Å²) in [6.07, 6.45) is -2.93. The lowest BCUT2D eigenvalue weighted by Gasteiger charge is -2.43. The van der Waals surface area contributed by atoms with E-state index in [9.17, 15) is 14.7 Å². The van der Waals surface area contributed by atoms with Gasteiger partial charge >= 0.3 is 5.97 Å². The van der Waals surface area contributed by atoms with E-state index >= 15 is 0 Å². The SMILES string of the molecule is COC(=O)C(O)[C@H]1OC(C)(C)CN(Cc2ccc(OC)cc2)C1=O. The zero-order valence-electron chi connectivity index (χ0n) is 14.3. The van der Waals surface area contributed by atoms with Crippen molar-refractivity contribution < 1.29 is 28.9 Å². The van der Waals surface area contributed by atoms with Crippen molar-refractivity contribution >= 4 is 11.9 Å². The molecule has 0 aromatic heterocycles. The third kappa shape index (κ3) is 4.04. The molecule has 2 rings (SSSR count). The van der Waals surface area contributed by atoms with E-state index in [4.69, 9.17) is 9.47 Å². The number of morpholine rings is 1. The largest absolute Gasteiger partial charge is 0.497 e. The number of amides is 1. The van der Waals surface area contributed by atoms with Crippen molar-refractivity contribution in [3.63, 3.8) is 0 Å². The third-order valence-electron chi connectivity index (χ3n) is 3.83. The van der Waals surface area contributed by atoms with Crippen LogP contribution in [-0.2, 0) is 25.6 Å².